The first-order valence-corrected chi connectivity index (χ1v) is 6.48. The van der Waals surface area contributed by atoms with Gasteiger partial charge in [-0.2, -0.15) is 0 Å². The van der Waals surface area contributed by atoms with Crippen LogP contribution in [0, 0.1) is 5.92 Å². The normalized spacial score (nSPS) is 21.6. The van der Waals surface area contributed by atoms with Crippen molar-refractivity contribution in [3.8, 4) is 0 Å². The van der Waals surface area contributed by atoms with E-state index in [0.29, 0.717) is 10.9 Å². The molecule has 0 N–H and O–H groups in total. The van der Waals surface area contributed by atoms with Gasteiger partial charge in [0.05, 0.1) is 0 Å². The van der Waals surface area contributed by atoms with Crippen LogP contribution in [0.3, 0.4) is 0 Å². The van der Waals surface area contributed by atoms with Gasteiger partial charge in [0, 0.05) is 16.5 Å². The van der Waals surface area contributed by atoms with Crippen LogP contribution >= 0.6 is 11.6 Å². The van der Waals surface area contributed by atoms with Crippen LogP contribution in [-0.2, 0) is 0 Å². The molecular weight excluding hydrogens is 244 g/mol. The molecule has 0 aliphatic heterocycles. The van der Waals surface area contributed by atoms with E-state index in [4.69, 9.17) is 11.6 Å². The van der Waals surface area contributed by atoms with Gasteiger partial charge in [0.15, 0.2) is 5.78 Å². The van der Waals surface area contributed by atoms with Crippen LogP contribution in [0.2, 0.25) is 5.02 Å². The quantitative estimate of drug-likeness (QED) is 0.747. The maximum Gasteiger partial charge on any atom is 0.166 e. The predicted octanol–water partition coefficient (Wildman–Crippen LogP) is 4.33. The van der Waals surface area contributed by atoms with Gasteiger partial charge in [0.25, 0.3) is 0 Å². The maximum absolute atomic E-state index is 12.3. The van der Waals surface area contributed by atoms with Gasteiger partial charge in [0.1, 0.15) is 0 Å². The zero-order valence-corrected chi connectivity index (χ0v) is 10.6. The number of hydrogen-bond donors (Lipinski definition) is 0. The van der Waals surface area contributed by atoms with Crippen LogP contribution in [-0.4, -0.2) is 5.78 Å². The van der Waals surface area contributed by atoms with Crippen LogP contribution in [0.1, 0.15) is 28.3 Å². The molecule has 1 saturated carbocycles. The minimum Gasteiger partial charge on any atom is -0.294 e. The summed E-state index contributed by atoms with van der Waals surface area (Å²) < 4.78 is 0. The molecular formula is C16H13ClO. The van der Waals surface area contributed by atoms with Gasteiger partial charge in [-0.25, -0.2) is 0 Å². The highest BCUT2D eigenvalue weighted by Gasteiger charge is 2.43. The number of Topliss-reactive ketones (excluding diaryl/α,β-unsaturated/α-hetero) is 1. The Balaban J connectivity index is 1.77. The molecule has 3 rings (SSSR count). The number of carbonyl (C=O) groups excluding carboxylic acids is 1. The fourth-order valence-electron chi connectivity index (χ4n) is 2.41. The molecule has 0 spiro atoms. The summed E-state index contributed by atoms with van der Waals surface area (Å²) in [5.74, 6) is 0.731. The third kappa shape index (κ3) is 2.19. The summed E-state index contributed by atoms with van der Waals surface area (Å²) in [5, 5.41) is 0.623. The van der Waals surface area contributed by atoms with Crippen molar-refractivity contribution < 1.29 is 4.79 Å². The Labute approximate surface area is 111 Å². The minimum absolute atomic E-state index is 0.130. The van der Waals surface area contributed by atoms with Crippen molar-refractivity contribution >= 4 is 17.4 Å². The molecule has 2 aromatic carbocycles. The van der Waals surface area contributed by atoms with Gasteiger partial charge in [-0.3, -0.25) is 4.79 Å². The summed E-state index contributed by atoms with van der Waals surface area (Å²) in [6, 6.07) is 17.4. The van der Waals surface area contributed by atoms with E-state index in [-0.39, 0.29) is 11.7 Å². The van der Waals surface area contributed by atoms with Gasteiger partial charge < -0.3 is 0 Å². The highest BCUT2D eigenvalue weighted by Crippen LogP contribution is 2.49. The van der Waals surface area contributed by atoms with E-state index in [0.717, 1.165) is 12.0 Å². The highest BCUT2D eigenvalue weighted by atomic mass is 35.5. The number of rotatable bonds is 3. The molecule has 1 aliphatic rings. The molecule has 0 radical (unpaired) electrons. The van der Waals surface area contributed by atoms with Gasteiger partial charge in [-0.1, -0.05) is 54.1 Å². The Morgan fingerprint density at radius 2 is 1.83 bits per heavy atom. The number of carbonyl (C=O) groups is 1. The molecule has 0 aromatic heterocycles. The second-order valence-electron chi connectivity index (χ2n) is 4.73. The molecule has 2 atom stereocenters. The van der Waals surface area contributed by atoms with Crippen molar-refractivity contribution in [2.75, 3.05) is 0 Å². The topological polar surface area (TPSA) is 17.1 Å². The van der Waals surface area contributed by atoms with Gasteiger partial charge in [0.2, 0.25) is 0 Å². The lowest BCUT2D eigenvalue weighted by atomic mass is 10.0. The lowest BCUT2D eigenvalue weighted by Gasteiger charge is -2.01. The molecule has 2 unspecified atom stereocenters. The number of hydrogen-bond acceptors (Lipinski definition) is 1. The fourth-order valence-corrected chi connectivity index (χ4v) is 2.60. The van der Waals surface area contributed by atoms with E-state index < -0.39 is 0 Å². The summed E-state index contributed by atoms with van der Waals surface area (Å²) in [4.78, 5) is 12.3. The van der Waals surface area contributed by atoms with E-state index in [1.165, 1.54) is 5.56 Å². The van der Waals surface area contributed by atoms with Crippen molar-refractivity contribution in [3.63, 3.8) is 0 Å². The van der Waals surface area contributed by atoms with Crippen LogP contribution < -0.4 is 0 Å². The van der Waals surface area contributed by atoms with Crippen molar-refractivity contribution in [2.45, 2.75) is 12.3 Å². The van der Waals surface area contributed by atoms with E-state index in [2.05, 4.69) is 12.1 Å². The Bertz CT molecular complexity index is 577. The van der Waals surface area contributed by atoms with E-state index >= 15 is 0 Å². The zero-order valence-electron chi connectivity index (χ0n) is 9.84. The molecule has 1 fully saturated rings. The third-order valence-corrected chi connectivity index (χ3v) is 3.70. The zero-order chi connectivity index (χ0) is 12.5. The van der Waals surface area contributed by atoms with Crippen LogP contribution in [0.4, 0.5) is 0 Å². The number of benzene rings is 2. The Kier molecular flexibility index (Phi) is 2.92. The van der Waals surface area contributed by atoms with Crippen molar-refractivity contribution in [3.05, 3.63) is 70.7 Å². The van der Waals surface area contributed by atoms with Crippen molar-refractivity contribution in [1.29, 1.82) is 0 Å². The third-order valence-electron chi connectivity index (χ3n) is 3.46. The average molecular weight is 257 g/mol. The molecule has 1 nitrogen and oxygen atoms in total. The maximum atomic E-state index is 12.3. The van der Waals surface area contributed by atoms with Crippen LogP contribution in [0.25, 0.3) is 0 Å². The molecule has 90 valence electrons. The largest absolute Gasteiger partial charge is 0.294 e. The van der Waals surface area contributed by atoms with Crippen molar-refractivity contribution in [1.82, 2.24) is 0 Å². The van der Waals surface area contributed by atoms with Gasteiger partial charge >= 0.3 is 0 Å². The fraction of sp³-hybridized carbons (Fsp3) is 0.188. The minimum atomic E-state index is 0.130. The first-order chi connectivity index (χ1) is 8.75. The highest BCUT2D eigenvalue weighted by molar-refractivity contribution is 6.31. The molecule has 0 bridgehead atoms. The molecule has 0 amide bonds. The summed E-state index contributed by atoms with van der Waals surface area (Å²) in [7, 11) is 0. The van der Waals surface area contributed by atoms with Crippen LogP contribution in [0.15, 0.2) is 54.6 Å². The second kappa shape index (κ2) is 4.58. The lowest BCUT2D eigenvalue weighted by Crippen LogP contribution is -2.02. The second-order valence-corrected chi connectivity index (χ2v) is 5.17. The molecule has 2 heteroatoms. The van der Waals surface area contributed by atoms with Crippen LogP contribution in [0.5, 0.6) is 0 Å². The predicted molar refractivity (Wildman–Crippen MR) is 73.1 cm³/mol. The number of halogens is 1. The summed E-state index contributed by atoms with van der Waals surface area (Å²) in [6.45, 7) is 0. The average Bonchev–Trinajstić information content (AvgIpc) is 3.19. The molecule has 0 heterocycles. The van der Waals surface area contributed by atoms with E-state index in [1.807, 2.05) is 30.3 Å². The SMILES string of the molecule is O=C(c1cccc(Cl)c1)C1CC1c1ccccc1. The summed E-state index contributed by atoms with van der Waals surface area (Å²) in [5.41, 5.74) is 1.99. The monoisotopic (exact) mass is 256 g/mol. The summed E-state index contributed by atoms with van der Waals surface area (Å²) in [6.07, 6.45) is 0.954. The molecule has 0 saturated heterocycles. The molecule has 1 aliphatic carbocycles. The standard InChI is InChI=1S/C16H13ClO/c17-13-8-4-7-12(9-13)16(18)15-10-14(15)11-5-2-1-3-6-11/h1-9,14-15H,10H2. The molecule has 18 heavy (non-hydrogen) atoms. The Hall–Kier alpha value is -1.60. The Morgan fingerprint density at radius 1 is 1.06 bits per heavy atom. The number of ketones is 1. The lowest BCUT2D eigenvalue weighted by molar-refractivity contribution is 0.0965. The first-order valence-electron chi connectivity index (χ1n) is 6.10. The first kappa shape index (κ1) is 11.5. The smallest absolute Gasteiger partial charge is 0.166 e. The Morgan fingerprint density at radius 3 is 2.56 bits per heavy atom. The summed E-state index contributed by atoms with van der Waals surface area (Å²) >= 11 is 5.92. The van der Waals surface area contributed by atoms with Gasteiger partial charge in [-0.15, -0.1) is 0 Å². The van der Waals surface area contributed by atoms with Crippen molar-refractivity contribution in [2.24, 2.45) is 5.92 Å². The molecule has 2 aromatic rings. The van der Waals surface area contributed by atoms with Gasteiger partial charge in [-0.05, 0) is 30.0 Å². The van der Waals surface area contributed by atoms with E-state index in [1.54, 1.807) is 12.1 Å². The van der Waals surface area contributed by atoms with E-state index in [9.17, 15) is 4.79 Å².